The molecule has 0 amide bonds. The molecule has 1 heterocycles. The molecule has 1 fully saturated rings. The van der Waals surface area contributed by atoms with Crippen molar-refractivity contribution in [1.29, 1.82) is 0 Å². The number of rotatable bonds is 3. The lowest BCUT2D eigenvalue weighted by molar-refractivity contribution is 0.0832. The van der Waals surface area contributed by atoms with Crippen LogP contribution in [0.1, 0.15) is 26.7 Å². The maximum atomic E-state index is 6.09. The van der Waals surface area contributed by atoms with Gasteiger partial charge in [-0.1, -0.05) is 12.1 Å². The summed E-state index contributed by atoms with van der Waals surface area (Å²) in [5.41, 5.74) is 8.12. The monoisotopic (exact) mass is 234 g/mol. The Labute approximate surface area is 104 Å². The molecule has 3 heteroatoms. The molecule has 0 saturated carbocycles. The van der Waals surface area contributed by atoms with Crippen LogP contribution >= 0.6 is 0 Å². The van der Waals surface area contributed by atoms with Crippen molar-refractivity contribution < 1.29 is 4.74 Å². The molecule has 0 atom stereocenters. The van der Waals surface area contributed by atoms with Gasteiger partial charge in [-0.3, -0.25) is 0 Å². The van der Waals surface area contributed by atoms with Gasteiger partial charge in [0.2, 0.25) is 0 Å². The summed E-state index contributed by atoms with van der Waals surface area (Å²) < 4.78 is 5.44. The second-order valence-corrected chi connectivity index (χ2v) is 4.90. The summed E-state index contributed by atoms with van der Waals surface area (Å²) in [5.74, 6) is 0. The van der Waals surface area contributed by atoms with E-state index in [9.17, 15) is 0 Å². The zero-order valence-electron chi connectivity index (χ0n) is 10.7. The van der Waals surface area contributed by atoms with Crippen LogP contribution in [-0.2, 0) is 4.74 Å². The van der Waals surface area contributed by atoms with Gasteiger partial charge in [0.05, 0.1) is 11.4 Å². The van der Waals surface area contributed by atoms with Crippen molar-refractivity contribution in [1.82, 2.24) is 0 Å². The van der Waals surface area contributed by atoms with Gasteiger partial charge in [-0.2, -0.15) is 0 Å². The summed E-state index contributed by atoms with van der Waals surface area (Å²) >= 11 is 0. The Hall–Kier alpha value is -1.22. The minimum atomic E-state index is 0.461. The lowest BCUT2D eigenvalue weighted by Crippen LogP contribution is -2.44. The van der Waals surface area contributed by atoms with E-state index in [-0.39, 0.29) is 0 Å². The Bertz CT molecular complexity index is 359. The molecule has 0 unspecified atom stereocenters. The zero-order chi connectivity index (χ0) is 12.3. The minimum Gasteiger partial charge on any atom is -0.397 e. The molecule has 2 N–H and O–H groups in total. The maximum absolute atomic E-state index is 6.09. The van der Waals surface area contributed by atoms with Gasteiger partial charge in [0, 0.05) is 25.3 Å². The molecule has 0 spiro atoms. The number of benzene rings is 1. The van der Waals surface area contributed by atoms with Crippen LogP contribution < -0.4 is 10.6 Å². The van der Waals surface area contributed by atoms with Crippen LogP contribution in [0.25, 0.3) is 0 Å². The van der Waals surface area contributed by atoms with E-state index < -0.39 is 0 Å². The maximum Gasteiger partial charge on any atom is 0.0604 e. The average Bonchev–Trinajstić information content (AvgIpc) is 2.33. The predicted molar refractivity (Wildman–Crippen MR) is 72.3 cm³/mol. The summed E-state index contributed by atoms with van der Waals surface area (Å²) in [5, 5.41) is 0. The minimum absolute atomic E-state index is 0.461. The first-order valence-electron chi connectivity index (χ1n) is 6.40. The molecule has 2 rings (SSSR count). The first-order chi connectivity index (χ1) is 8.20. The van der Waals surface area contributed by atoms with Gasteiger partial charge in [0.1, 0.15) is 0 Å². The second kappa shape index (κ2) is 5.41. The van der Waals surface area contributed by atoms with Gasteiger partial charge in [-0.25, -0.2) is 0 Å². The lowest BCUT2D eigenvalue weighted by atomic mass is 10.0. The molecule has 0 radical (unpaired) electrons. The van der Waals surface area contributed by atoms with Crippen LogP contribution in [0.15, 0.2) is 24.3 Å². The van der Waals surface area contributed by atoms with Crippen LogP contribution in [0.5, 0.6) is 0 Å². The molecule has 3 nitrogen and oxygen atoms in total. The van der Waals surface area contributed by atoms with E-state index in [0.29, 0.717) is 12.1 Å². The molecule has 1 aliphatic rings. The first-order valence-corrected chi connectivity index (χ1v) is 6.40. The SMILES string of the molecule is CC(C)N(c1ccccc1N)C1CCOCC1. The Morgan fingerprint density at radius 2 is 1.88 bits per heavy atom. The van der Waals surface area contributed by atoms with Gasteiger partial charge in [-0.05, 0) is 38.8 Å². The molecule has 1 aromatic carbocycles. The van der Waals surface area contributed by atoms with Crippen molar-refractivity contribution in [2.75, 3.05) is 23.8 Å². The van der Waals surface area contributed by atoms with Crippen LogP contribution in [0, 0.1) is 0 Å². The average molecular weight is 234 g/mol. The predicted octanol–water partition coefficient (Wildman–Crippen LogP) is 2.66. The third kappa shape index (κ3) is 2.72. The number of ether oxygens (including phenoxy) is 1. The van der Waals surface area contributed by atoms with Crippen molar-refractivity contribution in [3.63, 3.8) is 0 Å². The fraction of sp³-hybridized carbons (Fsp3) is 0.571. The second-order valence-electron chi connectivity index (χ2n) is 4.90. The van der Waals surface area contributed by atoms with Crippen molar-refractivity contribution in [3.8, 4) is 0 Å². The smallest absolute Gasteiger partial charge is 0.0604 e. The van der Waals surface area contributed by atoms with Crippen LogP contribution in [-0.4, -0.2) is 25.3 Å². The molecule has 0 aliphatic carbocycles. The third-order valence-electron chi connectivity index (χ3n) is 3.36. The van der Waals surface area contributed by atoms with Crippen LogP contribution in [0.3, 0.4) is 0 Å². The molecule has 0 bridgehead atoms. The molecular weight excluding hydrogens is 212 g/mol. The lowest BCUT2D eigenvalue weighted by Gasteiger charge is -2.39. The van der Waals surface area contributed by atoms with Crippen LogP contribution in [0.2, 0.25) is 0 Å². The highest BCUT2D eigenvalue weighted by molar-refractivity contribution is 5.68. The molecule has 1 aliphatic heterocycles. The largest absolute Gasteiger partial charge is 0.397 e. The van der Waals surface area contributed by atoms with E-state index in [1.165, 1.54) is 0 Å². The summed E-state index contributed by atoms with van der Waals surface area (Å²) in [4.78, 5) is 2.44. The normalized spacial score (nSPS) is 17.4. The molecule has 1 saturated heterocycles. The highest BCUT2D eigenvalue weighted by Crippen LogP contribution is 2.29. The quantitative estimate of drug-likeness (QED) is 0.817. The highest BCUT2D eigenvalue weighted by Gasteiger charge is 2.24. The van der Waals surface area contributed by atoms with E-state index in [4.69, 9.17) is 10.5 Å². The number of anilines is 2. The Morgan fingerprint density at radius 3 is 2.47 bits per heavy atom. The van der Waals surface area contributed by atoms with E-state index in [2.05, 4.69) is 30.9 Å². The highest BCUT2D eigenvalue weighted by atomic mass is 16.5. The summed E-state index contributed by atoms with van der Waals surface area (Å²) in [6.07, 6.45) is 2.18. The summed E-state index contributed by atoms with van der Waals surface area (Å²) in [6.45, 7) is 6.17. The van der Waals surface area contributed by atoms with E-state index in [1.807, 2.05) is 12.1 Å². The Kier molecular flexibility index (Phi) is 3.89. The van der Waals surface area contributed by atoms with Crippen molar-refractivity contribution in [2.24, 2.45) is 0 Å². The van der Waals surface area contributed by atoms with E-state index in [0.717, 1.165) is 37.4 Å². The van der Waals surface area contributed by atoms with Gasteiger partial charge in [0.25, 0.3) is 0 Å². The van der Waals surface area contributed by atoms with Crippen LogP contribution in [0.4, 0.5) is 11.4 Å². The zero-order valence-corrected chi connectivity index (χ0v) is 10.7. The number of para-hydroxylation sites is 2. The number of nitrogens with zero attached hydrogens (tertiary/aromatic N) is 1. The van der Waals surface area contributed by atoms with E-state index in [1.54, 1.807) is 0 Å². The van der Waals surface area contributed by atoms with Crippen molar-refractivity contribution in [3.05, 3.63) is 24.3 Å². The molecule has 17 heavy (non-hydrogen) atoms. The number of nitrogen functional groups attached to an aromatic ring is 1. The van der Waals surface area contributed by atoms with Gasteiger partial charge < -0.3 is 15.4 Å². The fourth-order valence-electron chi connectivity index (χ4n) is 2.58. The fourth-order valence-corrected chi connectivity index (χ4v) is 2.58. The van der Waals surface area contributed by atoms with Gasteiger partial charge >= 0.3 is 0 Å². The Morgan fingerprint density at radius 1 is 1.24 bits per heavy atom. The third-order valence-corrected chi connectivity index (χ3v) is 3.36. The standard InChI is InChI=1S/C14H22N2O/c1-11(2)16(12-7-9-17-10-8-12)14-6-4-3-5-13(14)15/h3-6,11-12H,7-10,15H2,1-2H3. The van der Waals surface area contributed by atoms with E-state index >= 15 is 0 Å². The number of nitrogens with two attached hydrogens (primary N) is 1. The number of hydrogen-bond donors (Lipinski definition) is 1. The first kappa shape index (κ1) is 12.2. The van der Waals surface area contributed by atoms with Gasteiger partial charge in [0.15, 0.2) is 0 Å². The summed E-state index contributed by atoms with van der Waals surface area (Å²) in [6, 6.07) is 9.15. The molecular formula is C14H22N2O. The molecule has 0 aromatic heterocycles. The van der Waals surface area contributed by atoms with Gasteiger partial charge in [-0.15, -0.1) is 0 Å². The molecule has 1 aromatic rings. The Balaban J connectivity index is 2.25. The molecule has 94 valence electrons. The van der Waals surface area contributed by atoms with Crippen molar-refractivity contribution >= 4 is 11.4 Å². The summed E-state index contributed by atoms with van der Waals surface area (Å²) in [7, 11) is 0. The number of hydrogen-bond acceptors (Lipinski definition) is 3. The topological polar surface area (TPSA) is 38.5 Å². The van der Waals surface area contributed by atoms with Crippen molar-refractivity contribution in [2.45, 2.75) is 38.8 Å².